The van der Waals surface area contributed by atoms with Gasteiger partial charge in [-0.3, -0.25) is 4.79 Å². The summed E-state index contributed by atoms with van der Waals surface area (Å²) in [5, 5.41) is 3.62. The van der Waals surface area contributed by atoms with Crippen LogP contribution in [0, 0.1) is 6.92 Å². The van der Waals surface area contributed by atoms with Crippen molar-refractivity contribution >= 4 is 28.3 Å². The zero-order valence-corrected chi connectivity index (χ0v) is 16.5. The van der Waals surface area contributed by atoms with E-state index in [-0.39, 0.29) is 11.6 Å². The standard InChI is InChI=1S/C22H21F3N4O/c1-14-8-9-17-19(28-16-7-5-6-15(12-16)22(23,24)25)18(13-26-20(17)27-14)21(30)29-10-3-2-4-11-29/h5-9,12-13H,2-4,10-11H2,1H3,(H,26,27,28). The predicted octanol–water partition coefficient (Wildman–Crippen LogP) is 5.33. The average Bonchev–Trinajstić information content (AvgIpc) is 2.73. The normalized spacial score (nSPS) is 14.7. The number of rotatable bonds is 3. The van der Waals surface area contributed by atoms with Gasteiger partial charge in [-0.25, -0.2) is 9.97 Å². The molecule has 1 amide bonds. The molecule has 156 valence electrons. The molecule has 0 unspecified atom stereocenters. The Morgan fingerprint density at radius 3 is 2.60 bits per heavy atom. The molecule has 1 fully saturated rings. The van der Waals surface area contributed by atoms with Gasteiger partial charge < -0.3 is 10.2 Å². The van der Waals surface area contributed by atoms with Crippen LogP contribution >= 0.6 is 0 Å². The number of amides is 1. The minimum atomic E-state index is -4.46. The number of nitrogens with one attached hydrogen (secondary N) is 1. The van der Waals surface area contributed by atoms with Crippen molar-refractivity contribution in [3.05, 3.63) is 59.4 Å². The molecule has 1 aliphatic rings. The number of halogens is 3. The van der Waals surface area contributed by atoms with E-state index in [0.29, 0.717) is 35.4 Å². The molecule has 4 rings (SSSR count). The molecule has 1 saturated heterocycles. The first kappa shape index (κ1) is 20.1. The van der Waals surface area contributed by atoms with E-state index in [0.717, 1.165) is 37.1 Å². The molecule has 1 aromatic carbocycles. The molecule has 0 bridgehead atoms. The van der Waals surface area contributed by atoms with Crippen molar-refractivity contribution in [1.29, 1.82) is 0 Å². The third-order valence-electron chi connectivity index (χ3n) is 5.20. The Morgan fingerprint density at radius 2 is 1.87 bits per heavy atom. The number of alkyl halides is 3. The minimum Gasteiger partial charge on any atom is -0.354 e. The number of fused-ring (bicyclic) bond motifs is 1. The van der Waals surface area contributed by atoms with Crippen molar-refractivity contribution in [2.24, 2.45) is 0 Å². The quantitative estimate of drug-likeness (QED) is 0.630. The van der Waals surface area contributed by atoms with Crippen LogP contribution in [0.1, 0.15) is 40.9 Å². The van der Waals surface area contributed by atoms with Crippen molar-refractivity contribution in [3.8, 4) is 0 Å². The number of likely N-dealkylation sites (tertiary alicyclic amines) is 1. The van der Waals surface area contributed by atoms with Crippen molar-refractivity contribution in [3.63, 3.8) is 0 Å². The van der Waals surface area contributed by atoms with Crippen LogP contribution in [-0.4, -0.2) is 33.9 Å². The Balaban J connectivity index is 1.80. The number of carbonyl (C=O) groups is 1. The van der Waals surface area contributed by atoms with Crippen molar-refractivity contribution < 1.29 is 18.0 Å². The van der Waals surface area contributed by atoms with Gasteiger partial charge in [0, 0.05) is 36.1 Å². The van der Waals surface area contributed by atoms with Crippen LogP contribution in [0.25, 0.3) is 11.0 Å². The maximum atomic E-state index is 13.2. The van der Waals surface area contributed by atoms with Gasteiger partial charge in [-0.05, 0) is 56.5 Å². The van der Waals surface area contributed by atoms with E-state index in [4.69, 9.17) is 0 Å². The predicted molar refractivity (Wildman–Crippen MR) is 109 cm³/mol. The highest BCUT2D eigenvalue weighted by molar-refractivity contribution is 6.07. The smallest absolute Gasteiger partial charge is 0.354 e. The number of aryl methyl sites for hydroxylation is 1. The number of hydrogen-bond acceptors (Lipinski definition) is 4. The Bertz CT molecular complexity index is 1090. The first-order valence-electron chi connectivity index (χ1n) is 9.83. The van der Waals surface area contributed by atoms with E-state index >= 15 is 0 Å². The Hall–Kier alpha value is -3.16. The highest BCUT2D eigenvalue weighted by Gasteiger charge is 2.30. The fourth-order valence-electron chi connectivity index (χ4n) is 3.65. The van der Waals surface area contributed by atoms with E-state index in [1.165, 1.54) is 18.3 Å². The van der Waals surface area contributed by atoms with Gasteiger partial charge in [0.1, 0.15) is 0 Å². The highest BCUT2D eigenvalue weighted by atomic mass is 19.4. The summed E-state index contributed by atoms with van der Waals surface area (Å²) in [6.07, 6.45) is -0.0448. The molecule has 1 N–H and O–H groups in total. The summed E-state index contributed by atoms with van der Waals surface area (Å²) in [4.78, 5) is 23.7. The summed E-state index contributed by atoms with van der Waals surface area (Å²) in [5.74, 6) is -0.181. The molecule has 8 heteroatoms. The lowest BCUT2D eigenvalue weighted by atomic mass is 10.1. The summed E-state index contributed by atoms with van der Waals surface area (Å²) in [6, 6.07) is 8.50. The molecule has 5 nitrogen and oxygen atoms in total. The van der Waals surface area contributed by atoms with E-state index < -0.39 is 11.7 Å². The first-order chi connectivity index (χ1) is 14.3. The number of aromatic nitrogens is 2. The molecular formula is C22H21F3N4O. The molecule has 0 atom stereocenters. The molecular weight excluding hydrogens is 393 g/mol. The van der Waals surface area contributed by atoms with Gasteiger partial charge in [0.25, 0.3) is 5.91 Å². The Kier molecular flexibility index (Phi) is 5.32. The third-order valence-corrected chi connectivity index (χ3v) is 5.20. The second-order valence-corrected chi connectivity index (χ2v) is 7.43. The molecule has 0 spiro atoms. The third kappa shape index (κ3) is 4.08. The van der Waals surface area contributed by atoms with Gasteiger partial charge in [-0.2, -0.15) is 13.2 Å². The number of piperidine rings is 1. The summed E-state index contributed by atoms with van der Waals surface area (Å²) < 4.78 is 39.4. The minimum absolute atomic E-state index is 0.181. The van der Waals surface area contributed by atoms with Gasteiger partial charge in [-0.15, -0.1) is 0 Å². The van der Waals surface area contributed by atoms with Crippen molar-refractivity contribution in [2.45, 2.75) is 32.4 Å². The molecule has 0 saturated carbocycles. The zero-order valence-electron chi connectivity index (χ0n) is 16.5. The molecule has 3 heterocycles. The van der Waals surface area contributed by atoms with E-state index in [2.05, 4.69) is 15.3 Å². The first-order valence-corrected chi connectivity index (χ1v) is 9.83. The monoisotopic (exact) mass is 414 g/mol. The van der Waals surface area contributed by atoms with Crippen molar-refractivity contribution in [1.82, 2.24) is 14.9 Å². The second-order valence-electron chi connectivity index (χ2n) is 7.43. The second kappa shape index (κ2) is 7.93. The van der Waals surface area contributed by atoms with Crippen LogP contribution in [-0.2, 0) is 6.18 Å². The van der Waals surface area contributed by atoms with Crippen LogP contribution in [0.4, 0.5) is 24.5 Å². The van der Waals surface area contributed by atoms with Crippen LogP contribution in [0.5, 0.6) is 0 Å². The van der Waals surface area contributed by atoms with E-state index in [1.54, 1.807) is 17.0 Å². The fraction of sp³-hybridized carbons (Fsp3) is 0.318. The maximum Gasteiger partial charge on any atom is 0.416 e. The molecule has 30 heavy (non-hydrogen) atoms. The lowest BCUT2D eigenvalue weighted by Crippen LogP contribution is -2.36. The number of carbonyl (C=O) groups excluding carboxylic acids is 1. The topological polar surface area (TPSA) is 58.1 Å². The number of pyridine rings is 2. The zero-order chi connectivity index (χ0) is 21.3. The summed E-state index contributed by atoms with van der Waals surface area (Å²) in [6.45, 7) is 3.14. The number of benzene rings is 1. The van der Waals surface area contributed by atoms with E-state index in [1.807, 2.05) is 6.92 Å². The molecule has 2 aromatic heterocycles. The summed E-state index contributed by atoms with van der Waals surface area (Å²) >= 11 is 0. The molecule has 0 aliphatic carbocycles. The summed E-state index contributed by atoms with van der Waals surface area (Å²) in [5.41, 5.74) is 1.42. The van der Waals surface area contributed by atoms with E-state index in [9.17, 15) is 18.0 Å². The van der Waals surface area contributed by atoms with Crippen LogP contribution in [0.15, 0.2) is 42.6 Å². The summed E-state index contributed by atoms with van der Waals surface area (Å²) in [7, 11) is 0. The highest BCUT2D eigenvalue weighted by Crippen LogP contribution is 2.34. The van der Waals surface area contributed by atoms with Gasteiger partial charge >= 0.3 is 6.18 Å². The SMILES string of the molecule is Cc1ccc2c(Nc3cccc(C(F)(F)F)c3)c(C(=O)N3CCCCC3)cnc2n1. The Labute approximate surface area is 171 Å². The maximum absolute atomic E-state index is 13.2. The Morgan fingerprint density at radius 1 is 1.10 bits per heavy atom. The molecule has 0 radical (unpaired) electrons. The molecule has 3 aromatic rings. The molecule has 1 aliphatic heterocycles. The van der Waals surface area contributed by atoms with Crippen molar-refractivity contribution in [2.75, 3.05) is 18.4 Å². The number of anilines is 2. The van der Waals surface area contributed by atoms with Gasteiger partial charge in [0.15, 0.2) is 5.65 Å². The largest absolute Gasteiger partial charge is 0.416 e. The van der Waals surface area contributed by atoms with Crippen LogP contribution in [0.3, 0.4) is 0 Å². The number of nitrogens with zero attached hydrogens (tertiary/aromatic N) is 3. The van der Waals surface area contributed by atoms with Gasteiger partial charge in [-0.1, -0.05) is 6.07 Å². The lowest BCUT2D eigenvalue weighted by Gasteiger charge is -2.27. The number of hydrogen-bond donors (Lipinski definition) is 1. The lowest BCUT2D eigenvalue weighted by molar-refractivity contribution is -0.137. The fourth-order valence-corrected chi connectivity index (χ4v) is 3.65. The van der Waals surface area contributed by atoms with Crippen LogP contribution < -0.4 is 5.32 Å². The average molecular weight is 414 g/mol. The van der Waals surface area contributed by atoms with Crippen LogP contribution in [0.2, 0.25) is 0 Å². The van der Waals surface area contributed by atoms with Gasteiger partial charge in [0.05, 0.1) is 16.8 Å². The van der Waals surface area contributed by atoms with Gasteiger partial charge in [0.2, 0.25) is 0 Å².